The molecule has 7 nitrogen and oxygen atoms in total. The van der Waals surface area contributed by atoms with Gasteiger partial charge < -0.3 is 25.4 Å². The number of rotatable bonds is 7. The zero-order valence-electron chi connectivity index (χ0n) is 15.7. The van der Waals surface area contributed by atoms with Crippen LogP contribution >= 0.6 is 0 Å². The van der Waals surface area contributed by atoms with E-state index >= 15 is 0 Å². The van der Waals surface area contributed by atoms with Gasteiger partial charge in [-0.25, -0.2) is 9.59 Å². The summed E-state index contributed by atoms with van der Waals surface area (Å²) in [4.78, 5) is 23.3. The number of hydrogen-bond donors (Lipinski definition) is 3. The quantitative estimate of drug-likeness (QED) is 0.648. The van der Waals surface area contributed by atoms with Crippen LogP contribution in [0.1, 0.15) is 39.2 Å². The van der Waals surface area contributed by atoms with Gasteiger partial charge >= 0.3 is 12.2 Å². The molecule has 0 aliphatic heterocycles. The lowest BCUT2D eigenvalue weighted by Crippen LogP contribution is -2.50. The largest absolute Gasteiger partial charge is 0.446 e. The summed E-state index contributed by atoms with van der Waals surface area (Å²) in [6.45, 7) is 7.14. The molecule has 1 aliphatic carbocycles. The van der Waals surface area contributed by atoms with Crippen LogP contribution in [0, 0.1) is 0 Å². The second-order valence-electron chi connectivity index (χ2n) is 7.51. The third-order valence-corrected chi connectivity index (χ3v) is 3.89. The molecule has 0 radical (unpaired) electrons. The Bertz CT molecular complexity index is 580. The Kier molecular flexibility index (Phi) is 7.26. The van der Waals surface area contributed by atoms with Crippen molar-refractivity contribution in [3.63, 3.8) is 0 Å². The van der Waals surface area contributed by atoms with Crippen molar-refractivity contribution >= 4 is 12.2 Å². The molecular formula is C19H29N3O4. The summed E-state index contributed by atoms with van der Waals surface area (Å²) in [7, 11) is 0. The fourth-order valence-electron chi connectivity index (χ4n) is 2.53. The average molecular weight is 363 g/mol. The fourth-order valence-corrected chi connectivity index (χ4v) is 2.53. The standard InChI is InChI=1S/C19H29N3O4/c1-19(2,3)22-18(24)26-16-11-15(12-16)20-9-10-21-17(23)25-13-14-7-5-4-6-8-14/h4-8,15-16,20H,9-13H2,1-3H3,(H,21,23)(H,22,24). The first-order valence-electron chi connectivity index (χ1n) is 8.98. The number of hydrogen-bond acceptors (Lipinski definition) is 5. The number of carbonyl (C=O) groups excluding carboxylic acids is 2. The smallest absolute Gasteiger partial charge is 0.407 e. The lowest BCUT2D eigenvalue weighted by Gasteiger charge is -2.36. The Hall–Kier alpha value is -2.28. The molecule has 1 fully saturated rings. The Morgan fingerprint density at radius 3 is 2.42 bits per heavy atom. The second-order valence-corrected chi connectivity index (χ2v) is 7.51. The molecule has 0 aromatic heterocycles. The number of alkyl carbamates (subject to hydrolysis) is 2. The number of amides is 2. The van der Waals surface area contributed by atoms with Crippen molar-refractivity contribution in [1.29, 1.82) is 0 Å². The molecule has 26 heavy (non-hydrogen) atoms. The van der Waals surface area contributed by atoms with Crippen LogP contribution in [0.15, 0.2) is 30.3 Å². The Morgan fingerprint density at radius 2 is 1.77 bits per heavy atom. The van der Waals surface area contributed by atoms with E-state index in [-0.39, 0.29) is 24.3 Å². The zero-order valence-corrected chi connectivity index (χ0v) is 15.7. The van der Waals surface area contributed by atoms with Crippen LogP contribution in [-0.2, 0) is 16.1 Å². The van der Waals surface area contributed by atoms with Crippen molar-refractivity contribution in [3.05, 3.63) is 35.9 Å². The van der Waals surface area contributed by atoms with E-state index in [2.05, 4.69) is 16.0 Å². The van der Waals surface area contributed by atoms with E-state index in [0.29, 0.717) is 19.1 Å². The molecule has 1 aliphatic rings. The van der Waals surface area contributed by atoms with Crippen molar-refractivity contribution in [3.8, 4) is 0 Å². The van der Waals surface area contributed by atoms with Gasteiger partial charge in [0, 0.05) is 24.7 Å². The summed E-state index contributed by atoms with van der Waals surface area (Å²) >= 11 is 0. The first kappa shape index (κ1) is 20.0. The highest BCUT2D eigenvalue weighted by Crippen LogP contribution is 2.23. The number of carbonyl (C=O) groups is 2. The normalized spacial score (nSPS) is 19.2. The maximum absolute atomic E-state index is 11.7. The van der Waals surface area contributed by atoms with Gasteiger partial charge in [-0.3, -0.25) is 0 Å². The van der Waals surface area contributed by atoms with E-state index in [9.17, 15) is 9.59 Å². The zero-order chi connectivity index (χ0) is 19.0. The molecule has 0 bridgehead atoms. The van der Waals surface area contributed by atoms with Gasteiger partial charge in [0.15, 0.2) is 0 Å². The lowest BCUT2D eigenvalue weighted by molar-refractivity contribution is 0.0287. The van der Waals surface area contributed by atoms with E-state index in [0.717, 1.165) is 18.4 Å². The van der Waals surface area contributed by atoms with Crippen molar-refractivity contribution in [1.82, 2.24) is 16.0 Å². The van der Waals surface area contributed by atoms with Gasteiger partial charge in [0.05, 0.1) is 0 Å². The molecule has 1 aromatic carbocycles. The third-order valence-electron chi connectivity index (χ3n) is 3.89. The van der Waals surface area contributed by atoms with Gasteiger partial charge in [0.25, 0.3) is 0 Å². The summed E-state index contributed by atoms with van der Waals surface area (Å²) in [6.07, 6.45) is 0.734. The minimum absolute atomic E-state index is 0.0429. The third kappa shape index (κ3) is 7.74. The predicted molar refractivity (Wildman–Crippen MR) is 98.8 cm³/mol. The van der Waals surface area contributed by atoms with E-state index in [1.165, 1.54) is 0 Å². The monoisotopic (exact) mass is 363 g/mol. The van der Waals surface area contributed by atoms with Gasteiger partial charge in [-0.05, 0) is 39.2 Å². The van der Waals surface area contributed by atoms with Crippen LogP contribution in [0.25, 0.3) is 0 Å². The molecule has 0 spiro atoms. The SMILES string of the molecule is CC(C)(C)NC(=O)OC1CC(NCCNC(=O)OCc2ccccc2)C1. The van der Waals surface area contributed by atoms with Crippen molar-refractivity contribution in [2.45, 2.75) is 57.9 Å². The summed E-state index contributed by atoms with van der Waals surface area (Å²) < 4.78 is 10.5. The molecular weight excluding hydrogens is 334 g/mol. The van der Waals surface area contributed by atoms with Gasteiger partial charge in [-0.2, -0.15) is 0 Å². The topological polar surface area (TPSA) is 88.7 Å². The molecule has 2 amide bonds. The van der Waals surface area contributed by atoms with Gasteiger partial charge in [0.2, 0.25) is 0 Å². The van der Waals surface area contributed by atoms with E-state index in [4.69, 9.17) is 9.47 Å². The molecule has 0 heterocycles. The van der Waals surface area contributed by atoms with Crippen LogP contribution < -0.4 is 16.0 Å². The van der Waals surface area contributed by atoms with Crippen LogP contribution in [0.2, 0.25) is 0 Å². The molecule has 1 aromatic rings. The molecule has 2 rings (SSSR count). The molecule has 0 unspecified atom stereocenters. The molecule has 144 valence electrons. The molecule has 7 heteroatoms. The maximum atomic E-state index is 11.7. The average Bonchev–Trinajstić information content (AvgIpc) is 2.53. The summed E-state index contributed by atoms with van der Waals surface area (Å²) in [5.74, 6) is 0. The van der Waals surface area contributed by atoms with Crippen LogP contribution in [-0.4, -0.2) is 43.0 Å². The highest BCUT2D eigenvalue weighted by molar-refractivity contribution is 5.68. The van der Waals surface area contributed by atoms with Crippen LogP contribution in [0.5, 0.6) is 0 Å². The number of nitrogens with one attached hydrogen (secondary N) is 3. The van der Waals surface area contributed by atoms with Crippen LogP contribution in [0.4, 0.5) is 9.59 Å². The first-order chi connectivity index (χ1) is 12.3. The van der Waals surface area contributed by atoms with E-state index in [1.54, 1.807) is 0 Å². The minimum Gasteiger partial charge on any atom is -0.446 e. The lowest BCUT2D eigenvalue weighted by atomic mass is 9.89. The molecule has 3 N–H and O–H groups in total. The fraction of sp³-hybridized carbons (Fsp3) is 0.579. The minimum atomic E-state index is -0.427. The molecule has 0 atom stereocenters. The Balaban J connectivity index is 1.47. The summed E-state index contributed by atoms with van der Waals surface area (Å²) in [5.41, 5.74) is 0.663. The predicted octanol–water partition coefficient (Wildman–Crippen LogP) is 2.56. The summed E-state index contributed by atoms with van der Waals surface area (Å²) in [5, 5.41) is 8.80. The Labute approximate surface area is 154 Å². The van der Waals surface area contributed by atoms with Gasteiger partial charge in [0.1, 0.15) is 12.7 Å². The van der Waals surface area contributed by atoms with Crippen molar-refractivity contribution in [2.24, 2.45) is 0 Å². The highest BCUT2D eigenvalue weighted by atomic mass is 16.6. The first-order valence-corrected chi connectivity index (χ1v) is 8.98. The highest BCUT2D eigenvalue weighted by Gasteiger charge is 2.32. The van der Waals surface area contributed by atoms with Crippen LogP contribution in [0.3, 0.4) is 0 Å². The van der Waals surface area contributed by atoms with Crippen molar-refractivity contribution < 1.29 is 19.1 Å². The number of ether oxygens (including phenoxy) is 2. The van der Waals surface area contributed by atoms with Gasteiger partial charge in [-0.15, -0.1) is 0 Å². The van der Waals surface area contributed by atoms with Crippen molar-refractivity contribution in [2.75, 3.05) is 13.1 Å². The number of benzene rings is 1. The van der Waals surface area contributed by atoms with E-state index in [1.807, 2.05) is 51.1 Å². The summed E-state index contributed by atoms with van der Waals surface area (Å²) in [6, 6.07) is 9.86. The second kappa shape index (κ2) is 9.43. The van der Waals surface area contributed by atoms with E-state index < -0.39 is 6.09 Å². The molecule has 0 saturated heterocycles. The maximum Gasteiger partial charge on any atom is 0.407 e. The van der Waals surface area contributed by atoms with Gasteiger partial charge in [-0.1, -0.05) is 30.3 Å². The molecule has 1 saturated carbocycles. The Morgan fingerprint density at radius 1 is 1.08 bits per heavy atom.